The number of ether oxygens (including phenoxy) is 1. The van der Waals surface area contributed by atoms with Gasteiger partial charge in [-0.25, -0.2) is 0 Å². The number of carbonyl (C=O) groups is 3. The minimum Gasteiger partial charge on any atom is -0.406 e. The normalized spacial score (nSPS) is 17.1. The molecule has 0 aliphatic carbocycles. The van der Waals surface area contributed by atoms with Gasteiger partial charge in [-0.1, -0.05) is 36.4 Å². The van der Waals surface area contributed by atoms with E-state index in [0.717, 1.165) is 23.8 Å². The average molecular weight is 642 g/mol. The molecule has 0 fully saturated rings. The van der Waals surface area contributed by atoms with Crippen LogP contribution in [0.5, 0.6) is 5.75 Å². The number of hydrogen-bond acceptors (Lipinski definition) is 4. The lowest BCUT2D eigenvalue weighted by Gasteiger charge is -2.34. The topological polar surface area (TPSA) is 87.7 Å². The van der Waals surface area contributed by atoms with E-state index in [1.165, 1.54) is 16.3 Å². The average Bonchev–Trinajstić information content (AvgIpc) is 3.02. The van der Waals surface area contributed by atoms with Gasteiger partial charge in [-0.3, -0.25) is 14.4 Å². The summed E-state index contributed by atoms with van der Waals surface area (Å²) in [5.74, 6) is -5.64. The SMILES string of the molecule is CC(C)N1C(=O)[C@H](NC(=O)[C@@H](Cc2ccccc2OC(F)(F)F)NC(=O)C(C)(C(F)(F)F)C(F)(F)F)CCc2ccccc21. The van der Waals surface area contributed by atoms with Crippen molar-refractivity contribution in [3.05, 3.63) is 59.7 Å². The van der Waals surface area contributed by atoms with Gasteiger partial charge in [0.1, 0.15) is 17.8 Å². The van der Waals surface area contributed by atoms with Crippen LogP contribution in [0.25, 0.3) is 0 Å². The third-order valence-corrected chi connectivity index (χ3v) is 7.15. The summed E-state index contributed by atoms with van der Waals surface area (Å²) < 4.78 is 125. The third kappa shape index (κ3) is 7.38. The maximum absolute atomic E-state index is 13.6. The summed E-state index contributed by atoms with van der Waals surface area (Å²) in [6.07, 6.45) is -18.4. The van der Waals surface area contributed by atoms with E-state index in [0.29, 0.717) is 5.69 Å². The molecule has 1 heterocycles. The second kappa shape index (κ2) is 12.6. The Bertz CT molecular complexity index is 1360. The van der Waals surface area contributed by atoms with Crippen LogP contribution in [0, 0.1) is 5.41 Å². The first-order valence-corrected chi connectivity index (χ1v) is 13.2. The van der Waals surface area contributed by atoms with Crippen molar-refractivity contribution < 1.29 is 58.6 Å². The van der Waals surface area contributed by atoms with Gasteiger partial charge < -0.3 is 20.3 Å². The number of fused-ring (bicyclic) bond motifs is 1. The van der Waals surface area contributed by atoms with Gasteiger partial charge >= 0.3 is 18.7 Å². The van der Waals surface area contributed by atoms with E-state index in [2.05, 4.69) is 10.1 Å². The Labute approximate surface area is 245 Å². The quantitative estimate of drug-likeness (QED) is 0.367. The Morgan fingerprint density at radius 2 is 1.50 bits per heavy atom. The number of carbonyl (C=O) groups excluding carboxylic acids is 3. The molecule has 0 spiro atoms. The number of nitrogens with one attached hydrogen (secondary N) is 2. The largest absolute Gasteiger partial charge is 0.573 e. The van der Waals surface area contributed by atoms with E-state index in [-0.39, 0.29) is 12.8 Å². The minimum absolute atomic E-state index is 0.0396. The first-order valence-electron chi connectivity index (χ1n) is 13.2. The predicted octanol–water partition coefficient (Wildman–Crippen LogP) is 5.62. The fourth-order valence-corrected chi connectivity index (χ4v) is 4.65. The standard InChI is InChI=1S/C28H28F9N3O4/c1-15(2)40-20-10-6-4-8-16(20)12-13-18(23(40)42)38-22(41)19(14-17-9-5-7-11-21(17)44-28(35,36)37)39-24(43)25(3,26(29,30)31)27(32,33)34/h4-11,15,18-19H,12-14H2,1-3H3,(H,38,41)(H,39,43)/t18-,19-/m1/s1. The number of hydrogen-bond donors (Lipinski definition) is 2. The molecule has 242 valence electrons. The van der Waals surface area contributed by atoms with Crippen LogP contribution in [0.4, 0.5) is 45.2 Å². The zero-order valence-corrected chi connectivity index (χ0v) is 23.5. The molecule has 0 saturated heterocycles. The van der Waals surface area contributed by atoms with Gasteiger partial charge in [-0.2, -0.15) is 26.3 Å². The predicted molar refractivity (Wildman–Crippen MR) is 138 cm³/mol. The van der Waals surface area contributed by atoms with Crippen molar-refractivity contribution in [1.29, 1.82) is 0 Å². The van der Waals surface area contributed by atoms with Gasteiger partial charge in [-0.05, 0) is 56.9 Å². The number of halogens is 9. The Morgan fingerprint density at radius 3 is 2.07 bits per heavy atom. The number of alkyl halides is 9. The summed E-state index contributed by atoms with van der Waals surface area (Å²) in [4.78, 5) is 41.0. The lowest BCUT2D eigenvalue weighted by molar-refractivity contribution is -0.319. The lowest BCUT2D eigenvalue weighted by Crippen LogP contribution is -2.62. The van der Waals surface area contributed by atoms with Gasteiger partial charge in [0.25, 0.3) is 0 Å². The van der Waals surface area contributed by atoms with Gasteiger partial charge in [0, 0.05) is 18.2 Å². The van der Waals surface area contributed by atoms with Gasteiger partial charge in [0.15, 0.2) is 0 Å². The summed E-state index contributed by atoms with van der Waals surface area (Å²) in [5.41, 5.74) is -4.22. The number of para-hydroxylation sites is 2. The van der Waals surface area contributed by atoms with Crippen molar-refractivity contribution in [2.24, 2.45) is 5.41 Å². The van der Waals surface area contributed by atoms with Crippen LogP contribution < -0.4 is 20.3 Å². The molecular weight excluding hydrogens is 613 g/mol. The Morgan fingerprint density at radius 1 is 0.932 bits per heavy atom. The summed E-state index contributed by atoms with van der Waals surface area (Å²) in [6, 6.07) is 6.76. The van der Waals surface area contributed by atoms with Crippen molar-refractivity contribution in [1.82, 2.24) is 10.6 Å². The lowest BCUT2D eigenvalue weighted by atomic mass is 9.87. The maximum atomic E-state index is 13.6. The second-order valence-corrected chi connectivity index (χ2v) is 10.5. The van der Waals surface area contributed by atoms with E-state index < -0.39 is 84.6 Å². The molecule has 44 heavy (non-hydrogen) atoms. The van der Waals surface area contributed by atoms with Crippen LogP contribution >= 0.6 is 0 Å². The van der Waals surface area contributed by atoms with Crippen LogP contribution in [-0.4, -0.2) is 54.6 Å². The molecule has 1 aliphatic rings. The Balaban J connectivity index is 2.01. The molecule has 0 unspecified atom stereocenters. The number of aryl methyl sites for hydroxylation is 1. The first kappa shape index (κ1) is 34.5. The van der Waals surface area contributed by atoms with E-state index in [1.54, 1.807) is 38.1 Å². The third-order valence-electron chi connectivity index (χ3n) is 7.15. The molecular formula is C28H28F9N3O4. The van der Waals surface area contributed by atoms with Crippen molar-refractivity contribution in [3.63, 3.8) is 0 Å². The summed E-state index contributed by atoms with van der Waals surface area (Å²) in [7, 11) is 0. The molecule has 0 saturated carbocycles. The molecule has 3 amide bonds. The maximum Gasteiger partial charge on any atom is 0.573 e. The number of nitrogens with zero attached hydrogens (tertiary/aromatic N) is 1. The molecule has 0 radical (unpaired) electrons. The summed E-state index contributed by atoms with van der Waals surface area (Å²) >= 11 is 0. The molecule has 7 nitrogen and oxygen atoms in total. The van der Waals surface area contributed by atoms with E-state index >= 15 is 0 Å². The number of benzene rings is 2. The molecule has 16 heteroatoms. The minimum atomic E-state index is -6.17. The van der Waals surface area contributed by atoms with Crippen LogP contribution in [0.1, 0.15) is 38.3 Å². The molecule has 2 aromatic carbocycles. The summed E-state index contributed by atoms with van der Waals surface area (Å²) in [6.45, 7) is 2.92. The highest BCUT2D eigenvalue weighted by atomic mass is 19.4. The van der Waals surface area contributed by atoms with Crippen LogP contribution in [0.2, 0.25) is 0 Å². The fraction of sp³-hybridized carbons (Fsp3) is 0.464. The van der Waals surface area contributed by atoms with Crippen molar-refractivity contribution in [2.45, 2.75) is 76.9 Å². The monoisotopic (exact) mass is 641 g/mol. The van der Waals surface area contributed by atoms with Gasteiger partial charge in [-0.15, -0.1) is 13.2 Å². The van der Waals surface area contributed by atoms with Crippen LogP contribution in [0.15, 0.2) is 48.5 Å². The molecule has 3 rings (SSSR count). The molecule has 1 aliphatic heterocycles. The Hall–Kier alpha value is -3.98. The zero-order valence-electron chi connectivity index (χ0n) is 23.5. The molecule has 0 bridgehead atoms. The van der Waals surface area contributed by atoms with Crippen LogP contribution in [-0.2, 0) is 27.2 Å². The molecule has 2 N–H and O–H groups in total. The molecule has 0 aromatic heterocycles. The van der Waals surface area contributed by atoms with Crippen molar-refractivity contribution >= 4 is 23.4 Å². The highest BCUT2D eigenvalue weighted by Gasteiger charge is 2.72. The van der Waals surface area contributed by atoms with Crippen molar-refractivity contribution in [2.75, 3.05) is 4.90 Å². The highest BCUT2D eigenvalue weighted by molar-refractivity contribution is 6.02. The second-order valence-electron chi connectivity index (χ2n) is 10.5. The highest BCUT2D eigenvalue weighted by Crippen LogP contribution is 2.50. The molecule has 2 aromatic rings. The number of rotatable bonds is 8. The molecule has 2 atom stereocenters. The Kier molecular flexibility index (Phi) is 9.85. The zero-order chi connectivity index (χ0) is 33.3. The summed E-state index contributed by atoms with van der Waals surface area (Å²) in [5, 5.41) is 3.71. The fourth-order valence-electron chi connectivity index (χ4n) is 4.65. The van der Waals surface area contributed by atoms with Crippen molar-refractivity contribution in [3.8, 4) is 5.75 Å². The number of amides is 3. The first-order chi connectivity index (χ1) is 20.2. The van der Waals surface area contributed by atoms with Gasteiger partial charge in [0.05, 0.1) is 0 Å². The van der Waals surface area contributed by atoms with Crippen LogP contribution in [0.3, 0.4) is 0 Å². The smallest absolute Gasteiger partial charge is 0.406 e. The number of anilines is 1. The van der Waals surface area contributed by atoms with Gasteiger partial charge in [0.2, 0.25) is 23.1 Å². The van der Waals surface area contributed by atoms with E-state index in [9.17, 15) is 53.9 Å². The van der Waals surface area contributed by atoms with E-state index in [4.69, 9.17) is 0 Å². The van der Waals surface area contributed by atoms with E-state index in [1.807, 2.05) is 0 Å².